The standard InChI is InChI=1S/C12H15N3O3/c13-8-3-4-10-9(6-8)15(12(17)7-18-10)5-1-2-11(14)16/h3-4,6H,1-2,5,7,13H2,(H2,14,16). The van der Waals surface area contributed by atoms with Crippen molar-refractivity contribution in [1.29, 1.82) is 0 Å². The fourth-order valence-electron chi connectivity index (χ4n) is 1.88. The molecule has 4 N–H and O–H groups in total. The second-order valence-corrected chi connectivity index (χ2v) is 4.13. The van der Waals surface area contributed by atoms with Crippen LogP contribution in [0.5, 0.6) is 5.75 Å². The van der Waals surface area contributed by atoms with Crippen LogP contribution in [0.25, 0.3) is 0 Å². The van der Waals surface area contributed by atoms with Gasteiger partial charge in [-0.1, -0.05) is 0 Å². The number of carbonyl (C=O) groups excluding carboxylic acids is 2. The Hall–Kier alpha value is -2.24. The molecule has 0 aromatic heterocycles. The number of benzene rings is 1. The van der Waals surface area contributed by atoms with Gasteiger partial charge in [-0.3, -0.25) is 9.59 Å². The summed E-state index contributed by atoms with van der Waals surface area (Å²) in [6.07, 6.45) is 0.775. The van der Waals surface area contributed by atoms with Crippen LogP contribution in [-0.2, 0) is 9.59 Å². The first kappa shape index (κ1) is 12.2. The van der Waals surface area contributed by atoms with Gasteiger partial charge in [0.05, 0.1) is 5.69 Å². The van der Waals surface area contributed by atoms with Gasteiger partial charge in [0.15, 0.2) is 6.61 Å². The second-order valence-electron chi connectivity index (χ2n) is 4.13. The topological polar surface area (TPSA) is 98.7 Å². The van der Waals surface area contributed by atoms with Crippen LogP contribution in [0.2, 0.25) is 0 Å². The van der Waals surface area contributed by atoms with Gasteiger partial charge < -0.3 is 21.1 Å². The quantitative estimate of drug-likeness (QED) is 0.748. The van der Waals surface area contributed by atoms with E-state index < -0.39 is 0 Å². The normalized spacial score (nSPS) is 14.0. The summed E-state index contributed by atoms with van der Waals surface area (Å²) in [7, 11) is 0. The van der Waals surface area contributed by atoms with Gasteiger partial charge in [0.25, 0.3) is 5.91 Å². The minimum Gasteiger partial charge on any atom is -0.482 e. The van der Waals surface area contributed by atoms with Gasteiger partial charge in [-0.25, -0.2) is 0 Å². The van der Waals surface area contributed by atoms with Gasteiger partial charge in [0.1, 0.15) is 5.75 Å². The molecule has 0 aliphatic carbocycles. The van der Waals surface area contributed by atoms with Crippen LogP contribution in [0.1, 0.15) is 12.8 Å². The summed E-state index contributed by atoms with van der Waals surface area (Å²) >= 11 is 0. The first-order valence-corrected chi connectivity index (χ1v) is 5.69. The van der Waals surface area contributed by atoms with Crippen molar-refractivity contribution < 1.29 is 14.3 Å². The molecule has 1 heterocycles. The summed E-state index contributed by atoms with van der Waals surface area (Å²) in [5.74, 6) is 0.115. The Bertz CT molecular complexity index is 487. The van der Waals surface area contributed by atoms with Crippen molar-refractivity contribution in [2.75, 3.05) is 23.8 Å². The molecule has 2 amide bonds. The molecule has 0 fully saturated rings. The molecule has 1 aliphatic heterocycles. The summed E-state index contributed by atoms with van der Waals surface area (Å²) in [5.41, 5.74) is 12.0. The number of primary amides is 1. The third-order valence-electron chi connectivity index (χ3n) is 2.73. The fraction of sp³-hybridized carbons (Fsp3) is 0.333. The minimum atomic E-state index is -0.372. The van der Waals surface area contributed by atoms with Crippen molar-refractivity contribution in [2.24, 2.45) is 5.73 Å². The number of nitrogen functional groups attached to an aromatic ring is 1. The predicted molar refractivity (Wildman–Crippen MR) is 67.1 cm³/mol. The highest BCUT2D eigenvalue weighted by Gasteiger charge is 2.25. The Kier molecular flexibility index (Phi) is 3.36. The highest BCUT2D eigenvalue weighted by molar-refractivity contribution is 5.98. The van der Waals surface area contributed by atoms with Crippen LogP contribution in [0.15, 0.2) is 18.2 Å². The van der Waals surface area contributed by atoms with Gasteiger partial charge in [0.2, 0.25) is 5.91 Å². The Morgan fingerprint density at radius 1 is 1.44 bits per heavy atom. The van der Waals surface area contributed by atoms with E-state index in [0.717, 1.165) is 0 Å². The number of anilines is 2. The van der Waals surface area contributed by atoms with Crippen molar-refractivity contribution in [3.8, 4) is 5.75 Å². The van der Waals surface area contributed by atoms with Crippen LogP contribution < -0.4 is 21.1 Å². The summed E-state index contributed by atoms with van der Waals surface area (Å²) in [4.78, 5) is 24.1. The molecule has 0 saturated heterocycles. The van der Waals surface area contributed by atoms with Gasteiger partial charge in [0, 0.05) is 18.7 Å². The summed E-state index contributed by atoms with van der Waals surface area (Å²) < 4.78 is 5.31. The lowest BCUT2D eigenvalue weighted by Gasteiger charge is -2.29. The lowest BCUT2D eigenvalue weighted by atomic mass is 10.2. The van der Waals surface area contributed by atoms with Crippen LogP contribution >= 0.6 is 0 Å². The number of ether oxygens (including phenoxy) is 1. The molecule has 1 aromatic rings. The number of hydrogen-bond donors (Lipinski definition) is 2. The van der Waals surface area contributed by atoms with Crippen molar-refractivity contribution in [1.82, 2.24) is 0 Å². The third kappa shape index (κ3) is 2.53. The number of rotatable bonds is 4. The maximum atomic E-state index is 11.8. The average molecular weight is 249 g/mol. The molecule has 6 heteroatoms. The SMILES string of the molecule is NC(=O)CCCN1C(=O)COc2ccc(N)cc21. The van der Waals surface area contributed by atoms with Crippen LogP contribution in [0.3, 0.4) is 0 Å². The summed E-state index contributed by atoms with van der Waals surface area (Å²) in [6.45, 7) is 0.440. The van der Waals surface area contributed by atoms with Crippen molar-refractivity contribution in [2.45, 2.75) is 12.8 Å². The first-order chi connectivity index (χ1) is 8.58. The van der Waals surface area contributed by atoms with Gasteiger partial charge >= 0.3 is 0 Å². The first-order valence-electron chi connectivity index (χ1n) is 5.69. The smallest absolute Gasteiger partial charge is 0.265 e. The van der Waals surface area contributed by atoms with E-state index in [4.69, 9.17) is 16.2 Å². The zero-order chi connectivity index (χ0) is 13.1. The fourth-order valence-corrected chi connectivity index (χ4v) is 1.88. The van der Waals surface area contributed by atoms with Gasteiger partial charge in [-0.15, -0.1) is 0 Å². The molecule has 0 atom stereocenters. The molecule has 0 radical (unpaired) electrons. The van der Waals surface area contributed by atoms with E-state index in [9.17, 15) is 9.59 Å². The average Bonchev–Trinajstić information content (AvgIpc) is 2.31. The molecule has 0 spiro atoms. The van der Waals surface area contributed by atoms with E-state index in [0.29, 0.717) is 30.1 Å². The van der Waals surface area contributed by atoms with E-state index in [1.807, 2.05) is 0 Å². The Labute approximate surface area is 104 Å². The zero-order valence-corrected chi connectivity index (χ0v) is 9.89. The van der Waals surface area contributed by atoms with E-state index in [1.54, 1.807) is 23.1 Å². The van der Waals surface area contributed by atoms with Gasteiger partial charge in [-0.05, 0) is 24.6 Å². The monoisotopic (exact) mass is 249 g/mol. The maximum Gasteiger partial charge on any atom is 0.265 e. The third-order valence-corrected chi connectivity index (χ3v) is 2.73. The molecular weight excluding hydrogens is 234 g/mol. The molecule has 96 valence electrons. The molecule has 0 saturated carbocycles. The molecule has 18 heavy (non-hydrogen) atoms. The minimum absolute atomic E-state index is 0.00743. The number of carbonyl (C=O) groups is 2. The molecule has 0 bridgehead atoms. The van der Waals surface area contributed by atoms with Crippen LogP contribution in [-0.4, -0.2) is 25.0 Å². The van der Waals surface area contributed by atoms with Crippen molar-refractivity contribution >= 4 is 23.2 Å². The highest BCUT2D eigenvalue weighted by atomic mass is 16.5. The van der Waals surface area contributed by atoms with E-state index in [2.05, 4.69) is 0 Å². The molecule has 2 rings (SSSR count). The number of amides is 2. The molecule has 0 unspecified atom stereocenters. The molecule has 1 aliphatic rings. The van der Waals surface area contributed by atoms with Crippen LogP contribution in [0.4, 0.5) is 11.4 Å². The van der Waals surface area contributed by atoms with Crippen LogP contribution in [0, 0.1) is 0 Å². The lowest BCUT2D eigenvalue weighted by molar-refractivity contribution is -0.122. The lowest BCUT2D eigenvalue weighted by Crippen LogP contribution is -2.39. The molecule has 1 aromatic carbocycles. The zero-order valence-electron chi connectivity index (χ0n) is 9.89. The van der Waals surface area contributed by atoms with E-state index in [-0.39, 0.29) is 24.8 Å². The molecule has 6 nitrogen and oxygen atoms in total. The Morgan fingerprint density at radius 3 is 2.94 bits per heavy atom. The highest BCUT2D eigenvalue weighted by Crippen LogP contribution is 2.33. The van der Waals surface area contributed by atoms with Gasteiger partial charge in [-0.2, -0.15) is 0 Å². The maximum absolute atomic E-state index is 11.8. The number of nitrogens with zero attached hydrogens (tertiary/aromatic N) is 1. The van der Waals surface area contributed by atoms with Crippen molar-refractivity contribution in [3.05, 3.63) is 18.2 Å². The molecular formula is C12H15N3O3. The summed E-state index contributed by atoms with van der Waals surface area (Å²) in [6, 6.07) is 5.14. The predicted octanol–water partition coefficient (Wildman–Crippen LogP) is 0.260. The van der Waals surface area contributed by atoms with E-state index in [1.165, 1.54) is 0 Å². The largest absolute Gasteiger partial charge is 0.482 e. The second kappa shape index (κ2) is 4.95. The number of nitrogens with two attached hydrogens (primary N) is 2. The summed E-state index contributed by atoms with van der Waals surface area (Å²) in [5, 5.41) is 0. The Morgan fingerprint density at radius 2 is 2.22 bits per heavy atom. The number of hydrogen-bond acceptors (Lipinski definition) is 4. The van der Waals surface area contributed by atoms with E-state index >= 15 is 0 Å². The van der Waals surface area contributed by atoms with Crippen molar-refractivity contribution in [3.63, 3.8) is 0 Å². The number of fused-ring (bicyclic) bond motifs is 1. The Balaban J connectivity index is 2.16.